The van der Waals surface area contributed by atoms with Crippen molar-refractivity contribution >= 4 is 6.08 Å². The zero-order valence-electron chi connectivity index (χ0n) is 11.1. The number of hydrogen-bond acceptors (Lipinski definition) is 2. The molecule has 0 radical (unpaired) electrons. The first kappa shape index (κ1) is 12.4. The van der Waals surface area contributed by atoms with Crippen molar-refractivity contribution in [3.63, 3.8) is 0 Å². The van der Waals surface area contributed by atoms with Crippen LogP contribution in [-0.4, -0.2) is 22.6 Å². The van der Waals surface area contributed by atoms with E-state index in [-0.39, 0.29) is 0 Å². The Hall–Kier alpha value is -1.09. The van der Waals surface area contributed by atoms with Crippen LogP contribution >= 0.6 is 0 Å². The van der Waals surface area contributed by atoms with E-state index in [9.17, 15) is 0 Å². The van der Waals surface area contributed by atoms with Gasteiger partial charge in [0, 0.05) is 12.6 Å². The van der Waals surface area contributed by atoms with Gasteiger partial charge in [0.2, 0.25) is 0 Å². The van der Waals surface area contributed by atoms with E-state index >= 15 is 0 Å². The van der Waals surface area contributed by atoms with Gasteiger partial charge in [0.05, 0.1) is 18.2 Å². The molecule has 0 atom stereocenters. The molecule has 0 amide bonds. The highest BCUT2D eigenvalue weighted by atomic mass is 15.1. The molecule has 0 unspecified atom stereocenters. The maximum Gasteiger partial charge on any atom is 0.0953 e. The molecule has 0 aliphatic heterocycles. The number of rotatable bonds is 6. The molecule has 3 nitrogen and oxygen atoms in total. The third-order valence-electron chi connectivity index (χ3n) is 3.29. The Bertz CT molecular complexity index is 386. The Balaban J connectivity index is 2.15. The van der Waals surface area contributed by atoms with Gasteiger partial charge in [0.15, 0.2) is 0 Å². The maximum atomic E-state index is 4.27. The van der Waals surface area contributed by atoms with E-state index in [1.165, 1.54) is 24.1 Å². The lowest BCUT2D eigenvalue weighted by atomic mass is 10.0. The summed E-state index contributed by atoms with van der Waals surface area (Å²) in [6.45, 7) is 8.64. The van der Waals surface area contributed by atoms with Gasteiger partial charge in [-0.05, 0) is 31.4 Å². The van der Waals surface area contributed by atoms with Crippen molar-refractivity contribution in [3.8, 4) is 0 Å². The first-order chi connectivity index (χ1) is 8.22. The lowest BCUT2D eigenvalue weighted by Crippen LogP contribution is -2.18. The molecule has 0 aromatic carbocycles. The second kappa shape index (κ2) is 5.50. The molecule has 1 aromatic rings. The van der Waals surface area contributed by atoms with Crippen LogP contribution in [0.4, 0.5) is 0 Å². The summed E-state index contributed by atoms with van der Waals surface area (Å²) in [4.78, 5) is 4.27. The smallest absolute Gasteiger partial charge is 0.0953 e. The van der Waals surface area contributed by atoms with Crippen LogP contribution in [0.5, 0.6) is 0 Å². The molecule has 0 bridgehead atoms. The van der Waals surface area contributed by atoms with Gasteiger partial charge >= 0.3 is 0 Å². The van der Waals surface area contributed by atoms with E-state index in [2.05, 4.69) is 41.7 Å². The Morgan fingerprint density at radius 3 is 2.94 bits per heavy atom. The van der Waals surface area contributed by atoms with E-state index in [1.807, 2.05) is 12.5 Å². The molecule has 1 heterocycles. The summed E-state index contributed by atoms with van der Waals surface area (Å²) >= 11 is 0. The molecule has 0 spiro atoms. The zero-order valence-corrected chi connectivity index (χ0v) is 11.1. The average molecular weight is 233 g/mol. The average Bonchev–Trinajstić information content (AvgIpc) is 3.04. The molecule has 3 heteroatoms. The summed E-state index contributed by atoms with van der Waals surface area (Å²) in [7, 11) is 0. The standard InChI is InChI=1S/C14H23N3/c1-4-15-8-12(11(2)3)7-14-9-16-10-17(14)13-5-6-13/h7,9-11,13,15H,4-6,8H2,1-3H3. The van der Waals surface area contributed by atoms with E-state index in [1.54, 1.807) is 0 Å². The van der Waals surface area contributed by atoms with Gasteiger partial charge < -0.3 is 9.88 Å². The normalized spacial score (nSPS) is 16.8. The lowest BCUT2D eigenvalue weighted by Gasteiger charge is -2.12. The summed E-state index contributed by atoms with van der Waals surface area (Å²) in [5.74, 6) is 0.580. The van der Waals surface area contributed by atoms with Crippen molar-refractivity contribution in [2.75, 3.05) is 13.1 Å². The molecule has 2 rings (SSSR count). The molecular formula is C14H23N3. The summed E-state index contributed by atoms with van der Waals surface area (Å²) in [6, 6.07) is 0.705. The fourth-order valence-electron chi connectivity index (χ4n) is 1.97. The topological polar surface area (TPSA) is 29.9 Å². The van der Waals surface area contributed by atoms with Gasteiger partial charge in [-0.3, -0.25) is 0 Å². The summed E-state index contributed by atoms with van der Waals surface area (Å²) in [5, 5.41) is 3.41. The summed E-state index contributed by atoms with van der Waals surface area (Å²) in [5.41, 5.74) is 2.71. The van der Waals surface area contributed by atoms with Crippen molar-refractivity contribution in [1.29, 1.82) is 0 Å². The molecule has 94 valence electrons. The van der Waals surface area contributed by atoms with Gasteiger partial charge in [-0.15, -0.1) is 0 Å². The van der Waals surface area contributed by atoms with E-state index in [0.29, 0.717) is 12.0 Å². The van der Waals surface area contributed by atoms with Gasteiger partial charge in [0.25, 0.3) is 0 Å². The van der Waals surface area contributed by atoms with Gasteiger partial charge in [-0.2, -0.15) is 0 Å². The molecule has 1 aliphatic rings. The van der Waals surface area contributed by atoms with Crippen molar-refractivity contribution < 1.29 is 0 Å². The Morgan fingerprint density at radius 2 is 2.35 bits per heavy atom. The SMILES string of the molecule is CCNCC(=Cc1cncn1C1CC1)C(C)C. The second-order valence-corrected chi connectivity index (χ2v) is 5.11. The Morgan fingerprint density at radius 1 is 1.59 bits per heavy atom. The lowest BCUT2D eigenvalue weighted by molar-refractivity contribution is 0.679. The number of nitrogens with one attached hydrogen (secondary N) is 1. The highest BCUT2D eigenvalue weighted by molar-refractivity contribution is 5.50. The van der Waals surface area contributed by atoms with Crippen LogP contribution in [0.25, 0.3) is 6.08 Å². The minimum atomic E-state index is 0.580. The molecule has 1 saturated carbocycles. The molecule has 0 saturated heterocycles. The molecule has 1 aliphatic carbocycles. The van der Waals surface area contributed by atoms with Crippen molar-refractivity contribution in [3.05, 3.63) is 23.8 Å². The summed E-state index contributed by atoms with van der Waals surface area (Å²) < 4.78 is 2.31. The number of nitrogens with zero attached hydrogens (tertiary/aromatic N) is 2. The first-order valence-corrected chi connectivity index (χ1v) is 6.65. The van der Waals surface area contributed by atoms with Crippen LogP contribution in [-0.2, 0) is 0 Å². The predicted molar refractivity (Wildman–Crippen MR) is 71.9 cm³/mol. The van der Waals surface area contributed by atoms with Gasteiger partial charge in [0.1, 0.15) is 0 Å². The molecule has 1 N–H and O–H groups in total. The van der Waals surface area contributed by atoms with Crippen LogP contribution < -0.4 is 5.32 Å². The quantitative estimate of drug-likeness (QED) is 0.819. The number of hydrogen-bond donors (Lipinski definition) is 1. The highest BCUT2D eigenvalue weighted by Gasteiger charge is 2.24. The monoisotopic (exact) mass is 233 g/mol. The van der Waals surface area contributed by atoms with Gasteiger partial charge in [-0.1, -0.05) is 26.3 Å². The molecule has 1 fully saturated rings. The van der Waals surface area contributed by atoms with Crippen LogP contribution in [0.1, 0.15) is 45.3 Å². The van der Waals surface area contributed by atoms with E-state index in [4.69, 9.17) is 0 Å². The fraction of sp³-hybridized carbons (Fsp3) is 0.643. The minimum absolute atomic E-state index is 0.580. The third kappa shape index (κ3) is 3.19. The third-order valence-corrected chi connectivity index (χ3v) is 3.29. The molecule has 17 heavy (non-hydrogen) atoms. The predicted octanol–water partition coefficient (Wildman–Crippen LogP) is 2.87. The van der Waals surface area contributed by atoms with Crippen molar-refractivity contribution in [1.82, 2.24) is 14.9 Å². The first-order valence-electron chi connectivity index (χ1n) is 6.65. The van der Waals surface area contributed by atoms with Crippen LogP contribution in [0.3, 0.4) is 0 Å². The van der Waals surface area contributed by atoms with E-state index in [0.717, 1.165) is 13.1 Å². The maximum absolute atomic E-state index is 4.27. The van der Waals surface area contributed by atoms with Crippen molar-refractivity contribution in [2.24, 2.45) is 5.92 Å². The van der Waals surface area contributed by atoms with Crippen LogP contribution in [0.15, 0.2) is 18.1 Å². The van der Waals surface area contributed by atoms with Crippen LogP contribution in [0, 0.1) is 5.92 Å². The largest absolute Gasteiger partial charge is 0.328 e. The molecular weight excluding hydrogens is 210 g/mol. The summed E-state index contributed by atoms with van der Waals surface area (Å²) in [6.07, 6.45) is 8.86. The second-order valence-electron chi connectivity index (χ2n) is 5.11. The highest BCUT2D eigenvalue weighted by Crippen LogP contribution is 2.36. The number of likely N-dealkylation sites (N-methyl/N-ethyl adjacent to an activating group) is 1. The Labute approximate surface area is 104 Å². The number of imidazole rings is 1. The van der Waals surface area contributed by atoms with Crippen molar-refractivity contribution in [2.45, 2.75) is 39.7 Å². The number of aromatic nitrogens is 2. The zero-order chi connectivity index (χ0) is 12.3. The fourth-order valence-corrected chi connectivity index (χ4v) is 1.97. The Kier molecular flexibility index (Phi) is 4.00. The van der Waals surface area contributed by atoms with E-state index < -0.39 is 0 Å². The van der Waals surface area contributed by atoms with Crippen LogP contribution in [0.2, 0.25) is 0 Å². The molecule has 1 aromatic heterocycles. The minimum Gasteiger partial charge on any atom is -0.328 e. The van der Waals surface area contributed by atoms with Gasteiger partial charge in [-0.25, -0.2) is 4.98 Å².